The van der Waals surface area contributed by atoms with Gasteiger partial charge in [-0.2, -0.15) is 13.2 Å². The standard InChI is InChI=1S/C85H54B2F5N5S/c88-71-41-24-42-72(89)83(71)97-76-51-65(93(59-30-11-3-12-31-59)60-32-13-4-14-33-60)50-75-80(76)86(67-39-19-21-43-73(67)95(75)61-34-15-5-16-35-61)69-54-70-84(79(82(69)97)85(90,91)92)98-78-53-66(52-77-81(78)87(70)68-40-20-22-44-74(68)96(77)62-36-17-6-18-37-62)94(63-47-45-57(46-48-63)55-25-7-1-8-26-55)64-38-23-29-58(49-64)56-27-9-2-10-28-56/h1-54H. The van der Waals surface area contributed by atoms with Crippen LogP contribution in [0, 0.1) is 11.6 Å². The molecule has 98 heavy (non-hydrogen) atoms. The number of hydrogen-bond donors (Lipinski definition) is 0. The number of anilines is 15. The number of halogens is 5. The summed E-state index contributed by atoms with van der Waals surface area (Å²) in [5, 5.41) is 0. The van der Waals surface area contributed by atoms with E-state index in [1.165, 1.54) is 11.0 Å². The molecule has 0 radical (unpaired) electrons. The Hall–Kier alpha value is -11.8. The van der Waals surface area contributed by atoms with Crippen LogP contribution >= 0.6 is 11.8 Å². The Kier molecular flexibility index (Phi) is 14.1. The van der Waals surface area contributed by atoms with E-state index in [9.17, 15) is 0 Å². The van der Waals surface area contributed by atoms with E-state index < -0.39 is 42.5 Å². The fourth-order valence-electron chi connectivity index (χ4n) is 15.3. The van der Waals surface area contributed by atoms with Gasteiger partial charge >= 0.3 is 6.18 Å². The molecule has 0 unspecified atom stereocenters. The molecule has 0 bridgehead atoms. The highest BCUT2D eigenvalue weighted by Gasteiger charge is 2.53. The van der Waals surface area contributed by atoms with Crippen LogP contribution in [0.5, 0.6) is 0 Å². The van der Waals surface area contributed by atoms with Crippen molar-refractivity contribution < 1.29 is 22.0 Å². The molecule has 5 nitrogen and oxygen atoms in total. The number of para-hydroxylation sites is 7. The lowest BCUT2D eigenvalue weighted by atomic mass is 9.30. The number of fused-ring (bicyclic) bond motifs is 8. The average molecular weight is 1290 g/mol. The van der Waals surface area contributed by atoms with Crippen LogP contribution in [0.25, 0.3) is 22.3 Å². The summed E-state index contributed by atoms with van der Waals surface area (Å²) in [4.78, 5) is 10.4. The molecule has 13 heteroatoms. The highest BCUT2D eigenvalue weighted by atomic mass is 32.2. The van der Waals surface area contributed by atoms with Gasteiger partial charge in [0.05, 0.1) is 16.9 Å². The lowest BCUT2D eigenvalue weighted by Crippen LogP contribution is -2.65. The van der Waals surface area contributed by atoms with Crippen molar-refractivity contribution in [3.63, 3.8) is 0 Å². The van der Waals surface area contributed by atoms with Crippen molar-refractivity contribution in [2.75, 3.05) is 24.5 Å². The Balaban J connectivity index is 0.943. The van der Waals surface area contributed by atoms with Crippen LogP contribution in [-0.2, 0) is 6.18 Å². The van der Waals surface area contributed by atoms with Crippen LogP contribution in [0.4, 0.5) is 107 Å². The number of rotatable bonds is 11. The maximum absolute atomic E-state index is 18.2. The van der Waals surface area contributed by atoms with Crippen molar-refractivity contribution in [1.29, 1.82) is 0 Å². The van der Waals surface area contributed by atoms with Gasteiger partial charge in [0.2, 0.25) is 6.71 Å². The largest absolute Gasteiger partial charge is 0.419 e. The first-order valence-electron chi connectivity index (χ1n) is 32.6. The normalized spacial score (nSPS) is 13.0. The third-order valence-electron chi connectivity index (χ3n) is 19.3. The van der Waals surface area contributed by atoms with Gasteiger partial charge in [-0.3, -0.25) is 0 Å². The number of nitrogens with zero attached hydrogens (tertiary/aromatic N) is 5. The maximum Gasteiger partial charge on any atom is 0.419 e. The zero-order chi connectivity index (χ0) is 65.8. The second-order valence-corrected chi connectivity index (χ2v) is 25.9. The van der Waals surface area contributed by atoms with E-state index in [0.717, 1.165) is 114 Å². The molecule has 4 heterocycles. The van der Waals surface area contributed by atoms with Crippen LogP contribution in [0.1, 0.15) is 5.56 Å². The predicted octanol–water partition coefficient (Wildman–Crippen LogP) is 20.1. The summed E-state index contributed by atoms with van der Waals surface area (Å²) in [7, 11) is 0. The Labute approximate surface area is 569 Å². The van der Waals surface area contributed by atoms with E-state index in [1.807, 2.05) is 217 Å². The van der Waals surface area contributed by atoms with Crippen molar-refractivity contribution in [2.45, 2.75) is 16.0 Å². The van der Waals surface area contributed by atoms with Crippen LogP contribution < -0.4 is 57.3 Å². The van der Waals surface area contributed by atoms with Gasteiger partial charge < -0.3 is 24.5 Å². The third kappa shape index (κ3) is 9.62. The van der Waals surface area contributed by atoms with Gasteiger partial charge in [-0.05, 0) is 171 Å². The quantitative estimate of drug-likeness (QED) is 0.0941. The summed E-state index contributed by atoms with van der Waals surface area (Å²) in [6, 6.07) is 106. The molecular weight excluding hydrogens is 1240 g/mol. The molecule has 4 aliphatic heterocycles. The van der Waals surface area contributed by atoms with E-state index in [-0.39, 0.29) is 21.7 Å². The minimum atomic E-state index is -5.14. The second-order valence-electron chi connectivity index (χ2n) is 24.9. The maximum atomic E-state index is 18.2. The first-order valence-corrected chi connectivity index (χ1v) is 33.4. The zero-order valence-corrected chi connectivity index (χ0v) is 53.2. The van der Waals surface area contributed by atoms with Gasteiger partial charge in [0.1, 0.15) is 17.3 Å². The van der Waals surface area contributed by atoms with E-state index in [0.29, 0.717) is 32.9 Å². The number of alkyl halides is 3. The van der Waals surface area contributed by atoms with Crippen LogP contribution in [-0.4, -0.2) is 13.4 Å². The summed E-state index contributed by atoms with van der Waals surface area (Å²) in [5.41, 5.74) is 15.0. The van der Waals surface area contributed by atoms with Crippen LogP contribution in [0.15, 0.2) is 337 Å². The number of hydrogen-bond acceptors (Lipinski definition) is 6. The van der Waals surface area contributed by atoms with Crippen LogP contribution in [0.3, 0.4) is 0 Å². The topological polar surface area (TPSA) is 16.2 Å². The summed E-state index contributed by atoms with van der Waals surface area (Å²) in [5.74, 6) is -2.05. The van der Waals surface area contributed by atoms with Crippen molar-refractivity contribution in [3.8, 4) is 22.3 Å². The molecule has 0 N–H and O–H groups in total. The summed E-state index contributed by atoms with van der Waals surface area (Å²) in [6.07, 6.45) is -5.14. The van der Waals surface area contributed by atoms with Gasteiger partial charge in [0.15, 0.2) is 0 Å². The Morgan fingerprint density at radius 2 is 0.704 bits per heavy atom. The second kappa shape index (κ2) is 23.5. The molecule has 466 valence electrons. The van der Waals surface area contributed by atoms with Gasteiger partial charge in [0.25, 0.3) is 6.71 Å². The fourth-order valence-corrected chi connectivity index (χ4v) is 16.7. The Morgan fingerprint density at radius 3 is 1.26 bits per heavy atom. The molecule has 0 atom stereocenters. The van der Waals surface area contributed by atoms with Crippen molar-refractivity contribution in [1.82, 2.24) is 0 Å². The predicted molar refractivity (Wildman–Crippen MR) is 396 cm³/mol. The molecule has 0 saturated heterocycles. The van der Waals surface area contributed by atoms with E-state index in [2.05, 4.69) is 112 Å². The van der Waals surface area contributed by atoms with Gasteiger partial charge in [0, 0.05) is 78.0 Å². The van der Waals surface area contributed by atoms with Crippen LogP contribution in [0.2, 0.25) is 0 Å². The monoisotopic (exact) mass is 1290 g/mol. The first kappa shape index (κ1) is 58.8. The number of benzene rings is 14. The van der Waals surface area contributed by atoms with Gasteiger partial charge in [-0.1, -0.05) is 223 Å². The molecule has 0 aliphatic carbocycles. The molecule has 14 aromatic rings. The smallest absolute Gasteiger partial charge is 0.311 e. The molecule has 0 aromatic heterocycles. The van der Waals surface area contributed by atoms with Crippen molar-refractivity contribution in [3.05, 3.63) is 345 Å². The van der Waals surface area contributed by atoms with Crippen molar-refractivity contribution >= 4 is 143 Å². The summed E-state index contributed by atoms with van der Waals surface area (Å²) < 4.78 is 90.1. The molecule has 0 spiro atoms. The van der Waals surface area contributed by atoms with E-state index >= 15 is 22.0 Å². The molecule has 4 aliphatic rings. The molecule has 0 saturated carbocycles. The summed E-state index contributed by atoms with van der Waals surface area (Å²) in [6.45, 7) is -1.68. The van der Waals surface area contributed by atoms with E-state index in [1.54, 1.807) is 0 Å². The Bertz CT molecular complexity index is 5370. The molecule has 0 amide bonds. The molecule has 18 rings (SSSR count). The molecule has 14 aromatic carbocycles. The Morgan fingerprint density at radius 1 is 0.296 bits per heavy atom. The highest BCUT2D eigenvalue weighted by Crippen LogP contribution is 2.56. The minimum absolute atomic E-state index is 0.0589. The van der Waals surface area contributed by atoms with E-state index in [4.69, 9.17) is 0 Å². The van der Waals surface area contributed by atoms with Gasteiger partial charge in [-0.15, -0.1) is 0 Å². The summed E-state index contributed by atoms with van der Waals surface area (Å²) >= 11 is 1.06. The molecule has 0 fully saturated rings. The fraction of sp³-hybridized carbons (Fsp3) is 0.0118. The SMILES string of the molecule is Fc1cccc(F)c1N1c2cc(N(c3ccccc3)c3ccccc3)cc3c2B(c2ccccc2N3c2ccccc2)c2cc3c(c(C(F)(F)F)c21)Sc1cc(N(c2ccc(-c4ccccc4)cc2)c2cccc(-c4ccccc4)c2)cc2c1B3c1ccccc1N2c1ccccc1. The highest BCUT2D eigenvalue weighted by molar-refractivity contribution is 8.00. The lowest BCUT2D eigenvalue weighted by molar-refractivity contribution is -0.139. The van der Waals surface area contributed by atoms with Gasteiger partial charge in [-0.25, -0.2) is 8.78 Å². The van der Waals surface area contributed by atoms with Crippen molar-refractivity contribution in [2.24, 2.45) is 0 Å². The molecular formula is C85H54B2F5N5S. The lowest BCUT2D eigenvalue weighted by Gasteiger charge is -2.47. The first-order chi connectivity index (χ1) is 48.1. The third-order valence-corrected chi connectivity index (χ3v) is 20.5. The minimum Gasteiger partial charge on any atom is -0.311 e. The average Bonchev–Trinajstić information content (AvgIpc) is 0.680. The zero-order valence-electron chi connectivity index (χ0n) is 52.4.